The molecule has 1 aliphatic heterocycles. The summed E-state index contributed by atoms with van der Waals surface area (Å²) in [5, 5.41) is 8.84. The molecule has 0 aromatic carbocycles. The first-order valence-corrected chi connectivity index (χ1v) is 6.25. The average molecular weight is 198 g/mol. The van der Waals surface area contributed by atoms with Crippen LogP contribution in [0.5, 0.6) is 0 Å². The van der Waals surface area contributed by atoms with Gasteiger partial charge in [0.05, 0.1) is 12.1 Å². The third-order valence-electron chi connectivity index (χ3n) is 2.45. The summed E-state index contributed by atoms with van der Waals surface area (Å²) in [4.78, 5) is 2.33. The highest BCUT2D eigenvalue weighted by Gasteiger charge is 2.22. The number of thioether (sulfide) groups is 1. The summed E-state index contributed by atoms with van der Waals surface area (Å²) in [6, 6.07) is 2.59. The largest absolute Gasteiger partial charge is 0.288 e. The van der Waals surface area contributed by atoms with Gasteiger partial charge >= 0.3 is 0 Å². The lowest BCUT2D eigenvalue weighted by Gasteiger charge is -2.18. The summed E-state index contributed by atoms with van der Waals surface area (Å²) < 4.78 is 0. The molecule has 3 heteroatoms. The fraction of sp³-hybridized carbons (Fsp3) is 0.900. The van der Waals surface area contributed by atoms with Gasteiger partial charge in [0.2, 0.25) is 0 Å². The maximum atomic E-state index is 8.84. The predicted octanol–water partition coefficient (Wildman–Crippen LogP) is 2.12. The maximum absolute atomic E-state index is 8.84. The van der Waals surface area contributed by atoms with Gasteiger partial charge in [0.25, 0.3) is 0 Å². The Kier molecular flexibility index (Phi) is 5.26. The topological polar surface area (TPSA) is 27.0 Å². The van der Waals surface area contributed by atoms with Crippen LogP contribution < -0.4 is 0 Å². The van der Waals surface area contributed by atoms with Gasteiger partial charge in [-0.3, -0.25) is 4.90 Å². The lowest BCUT2D eigenvalue weighted by atomic mass is 10.2. The van der Waals surface area contributed by atoms with E-state index in [2.05, 4.69) is 17.9 Å². The van der Waals surface area contributed by atoms with E-state index in [4.69, 9.17) is 5.26 Å². The van der Waals surface area contributed by atoms with Gasteiger partial charge in [-0.2, -0.15) is 17.0 Å². The van der Waals surface area contributed by atoms with E-state index in [1.54, 1.807) is 0 Å². The minimum Gasteiger partial charge on any atom is -0.288 e. The molecule has 1 unspecified atom stereocenters. The van der Waals surface area contributed by atoms with Gasteiger partial charge in [-0.25, -0.2) is 0 Å². The monoisotopic (exact) mass is 198 g/mol. The summed E-state index contributed by atoms with van der Waals surface area (Å²) in [5.41, 5.74) is 0. The van der Waals surface area contributed by atoms with Crippen LogP contribution in [0.3, 0.4) is 0 Å². The van der Waals surface area contributed by atoms with E-state index in [0.717, 1.165) is 19.5 Å². The van der Waals surface area contributed by atoms with Gasteiger partial charge in [-0.1, -0.05) is 6.92 Å². The summed E-state index contributed by atoms with van der Waals surface area (Å²) in [5.74, 6) is 2.45. The molecule has 1 atom stereocenters. The number of likely N-dealkylation sites (tertiary alicyclic amines) is 1. The molecule has 2 nitrogen and oxygen atoms in total. The highest BCUT2D eigenvalue weighted by molar-refractivity contribution is 7.99. The zero-order valence-corrected chi connectivity index (χ0v) is 9.15. The first-order valence-electron chi connectivity index (χ1n) is 5.10. The van der Waals surface area contributed by atoms with E-state index >= 15 is 0 Å². The van der Waals surface area contributed by atoms with E-state index in [-0.39, 0.29) is 6.04 Å². The van der Waals surface area contributed by atoms with E-state index in [0.29, 0.717) is 0 Å². The Morgan fingerprint density at radius 1 is 1.62 bits per heavy atom. The van der Waals surface area contributed by atoms with Crippen molar-refractivity contribution < 1.29 is 0 Å². The molecule has 0 aromatic heterocycles. The van der Waals surface area contributed by atoms with Crippen LogP contribution in [0.4, 0.5) is 0 Å². The van der Waals surface area contributed by atoms with Crippen LogP contribution in [0.2, 0.25) is 0 Å². The van der Waals surface area contributed by atoms with Crippen molar-refractivity contribution in [3.8, 4) is 6.07 Å². The molecular formula is C10H18N2S. The molecule has 0 N–H and O–H groups in total. The second-order valence-electron chi connectivity index (χ2n) is 3.37. The van der Waals surface area contributed by atoms with Gasteiger partial charge in [0.15, 0.2) is 0 Å². The van der Waals surface area contributed by atoms with Crippen LogP contribution in [-0.2, 0) is 0 Å². The third kappa shape index (κ3) is 3.58. The van der Waals surface area contributed by atoms with Crippen LogP contribution >= 0.6 is 11.8 Å². The molecule has 0 radical (unpaired) electrons. The van der Waals surface area contributed by atoms with E-state index in [9.17, 15) is 0 Å². The summed E-state index contributed by atoms with van der Waals surface area (Å²) in [6.07, 6.45) is 3.52. The number of hydrogen-bond donors (Lipinski definition) is 0. The third-order valence-corrected chi connectivity index (χ3v) is 3.44. The standard InChI is InChI=1S/C10H18N2S/c1-2-13-8-4-7-12-6-3-5-10(12)9-11/h10H,2-8H2,1H3. The van der Waals surface area contributed by atoms with Crippen LogP contribution in [0.1, 0.15) is 26.2 Å². The Morgan fingerprint density at radius 2 is 2.46 bits per heavy atom. The Labute approximate surface area is 85.3 Å². The zero-order valence-electron chi connectivity index (χ0n) is 8.33. The second kappa shape index (κ2) is 6.28. The molecule has 74 valence electrons. The molecule has 1 heterocycles. The molecule has 0 amide bonds. The average Bonchev–Trinajstić information content (AvgIpc) is 2.60. The number of nitriles is 1. The van der Waals surface area contributed by atoms with E-state index < -0.39 is 0 Å². The zero-order chi connectivity index (χ0) is 9.52. The van der Waals surface area contributed by atoms with Crippen molar-refractivity contribution in [1.29, 1.82) is 5.26 Å². The fourth-order valence-corrected chi connectivity index (χ4v) is 2.38. The molecule has 1 fully saturated rings. The van der Waals surface area contributed by atoms with Crippen molar-refractivity contribution in [2.45, 2.75) is 32.2 Å². The van der Waals surface area contributed by atoms with Gasteiger partial charge < -0.3 is 0 Å². The lowest BCUT2D eigenvalue weighted by molar-refractivity contribution is 0.296. The van der Waals surface area contributed by atoms with Crippen LogP contribution in [0.15, 0.2) is 0 Å². The molecule has 0 saturated carbocycles. The van der Waals surface area contributed by atoms with Crippen LogP contribution in [0, 0.1) is 11.3 Å². The van der Waals surface area contributed by atoms with Crippen molar-refractivity contribution in [2.24, 2.45) is 0 Å². The number of hydrogen-bond acceptors (Lipinski definition) is 3. The fourth-order valence-electron chi connectivity index (χ4n) is 1.75. The van der Waals surface area contributed by atoms with Crippen molar-refractivity contribution in [3.05, 3.63) is 0 Å². The molecule has 13 heavy (non-hydrogen) atoms. The molecule has 1 rings (SSSR count). The Hall–Kier alpha value is -0.200. The lowest BCUT2D eigenvalue weighted by Crippen LogP contribution is -2.29. The normalized spacial score (nSPS) is 23.2. The van der Waals surface area contributed by atoms with Gasteiger partial charge in [0.1, 0.15) is 0 Å². The van der Waals surface area contributed by atoms with Gasteiger partial charge in [-0.15, -0.1) is 0 Å². The van der Waals surface area contributed by atoms with E-state index in [1.807, 2.05) is 11.8 Å². The quantitative estimate of drug-likeness (QED) is 0.633. The number of rotatable bonds is 5. The molecule has 1 saturated heterocycles. The first-order chi connectivity index (χ1) is 6.38. The van der Waals surface area contributed by atoms with Gasteiger partial charge in [-0.05, 0) is 37.3 Å². The molecule has 0 aromatic rings. The van der Waals surface area contributed by atoms with E-state index in [1.165, 1.54) is 24.3 Å². The minimum atomic E-state index is 0.214. The molecular weight excluding hydrogens is 180 g/mol. The van der Waals surface area contributed by atoms with Gasteiger partial charge in [0, 0.05) is 6.54 Å². The Bertz CT molecular complexity index is 176. The number of nitrogens with zero attached hydrogens (tertiary/aromatic N) is 2. The highest BCUT2D eigenvalue weighted by atomic mass is 32.2. The minimum absolute atomic E-state index is 0.214. The van der Waals surface area contributed by atoms with Crippen molar-refractivity contribution in [1.82, 2.24) is 4.90 Å². The molecule has 0 spiro atoms. The molecule has 1 aliphatic rings. The SMILES string of the molecule is CCSCCCN1CCCC1C#N. The predicted molar refractivity (Wildman–Crippen MR) is 57.8 cm³/mol. The van der Waals surface area contributed by atoms with Crippen molar-refractivity contribution in [2.75, 3.05) is 24.6 Å². The summed E-state index contributed by atoms with van der Waals surface area (Å²) in [6.45, 7) is 4.44. The van der Waals surface area contributed by atoms with Crippen molar-refractivity contribution >= 4 is 11.8 Å². The highest BCUT2D eigenvalue weighted by Crippen LogP contribution is 2.16. The maximum Gasteiger partial charge on any atom is 0.0978 e. The van der Waals surface area contributed by atoms with Crippen LogP contribution in [-0.4, -0.2) is 35.5 Å². The first kappa shape index (κ1) is 10.9. The smallest absolute Gasteiger partial charge is 0.0978 e. The Balaban J connectivity index is 2.10. The van der Waals surface area contributed by atoms with Crippen molar-refractivity contribution in [3.63, 3.8) is 0 Å². The van der Waals surface area contributed by atoms with Crippen LogP contribution in [0.25, 0.3) is 0 Å². The summed E-state index contributed by atoms with van der Waals surface area (Å²) in [7, 11) is 0. The second-order valence-corrected chi connectivity index (χ2v) is 4.77. The molecule has 0 aliphatic carbocycles. The molecule has 0 bridgehead atoms. The Morgan fingerprint density at radius 3 is 3.15 bits per heavy atom. The summed E-state index contributed by atoms with van der Waals surface area (Å²) >= 11 is 1.99.